The van der Waals surface area contributed by atoms with Crippen molar-refractivity contribution in [3.8, 4) is 0 Å². The Labute approximate surface area is 127 Å². The van der Waals surface area contributed by atoms with Gasteiger partial charge in [0.2, 0.25) is 5.91 Å². The topological polar surface area (TPSA) is 105 Å². The van der Waals surface area contributed by atoms with Crippen LogP contribution in [-0.4, -0.2) is 42.6 Å². The summed E-state index contributed by atoms with van der Waals surface area (Å²) in [7, 11) is 0. The molecule has 0 radical (unpaired) electrons. The van der Waals surface area contributed by atoms with Crippen LogP contribution in [0.3, 0.4) is 0 Å². The third-order valence-electron chi connectivity index (χ3n) is 3.35. The number of ether oxygens (including phenoxy) is 1. The zero-order valence-electron chi connectivity index (χ0n) is 12.0. The molecule has 1 atom stereocenters. The minimum Gasteiger partial charge on any atom is -0.480 e. The number of hydrogen-bond donors (Lipinski definition) is 3. The Morgan fingerprint density at radius 2 is 1.95 bits per heavy atom. The molecule has 1 aromatic carbocycles. The van der Waals surface area contributed by atoms with E-state index in [4.69, 9.17) is 9.84 Å². The molecule has 1 aliphatic heterocycles. The lowest BCUT2D eigenvalue weighted by molar-refractivity contribution is -0.135. The summed E-state index contributed by atoms with van der Waals surface area (Å²) in [6.07, 6.45) is 1.68. The lowest BCUT2D eigenvalue weighted by Gasteiger charge is -2.21. The van der Waals surface area contributed by atoms with E-state index in [2.05, 4.69) is 10.6 Å². The van der Waals surface area contributed by atoms with Crippen molar-refractivity contribution < 1.29 is 24.2 Å². The number of rotatable bonds is 5. The number of carbonyl (C=O) groups is 3. The van der Waals surface area contributed by atoms with Gasteiger partial charge in [-0.3, -0.25) is 14.4 Å². The number of carboxylic acids is 1. The van der Waals surface area contributed by atoms with Gasteiger partial charge in [-0.15, -0.1) is 0 Å². The van der Waals surface area contributed by atoms with E-state index >= 15 is 0 Å². The molecule has 1 saturated heterocycles. The summed E-state index contributed by atoms with van der Waals surface area (Å²) >= 11 is 0. The minimum atomic E-state index is -1.10. The zero-order chi connectivity index (χ0) is 15.9. The Morgan fingerprint density at radius 3 is 2.55 bits per heavy atom. The van der Waals surface area contributed by atoms with Gasteiger partial charge in [0.05, 0.1) is 12.5 Å². The zero-order valence-corrected chi connectivity index (χ0v) is 12.0. The van der Waals surface area contributed by atoms with E-state index in [1.54, 1.807) is 12.1 Å². The monoisotopic (exact) mass is 306 g/mol. The maximum atomic E-state index is 12.0. The summed E-state index contributed by atoms with van der Waals surface area (Å²) in [6, 6.07) is 6.28. The van der Waals surface area contributed by atoms with E-state index in [0.29, 0.717) is 24.5 Å². The fourth-order valence-electron chi connectivity index (χ4n) is 2.15. The van der Waals surface area contributed by atoms with Crippen molar-refractivity contribution in [3.05, 3.63) is 29.8 Å². The van der Waals surface area contributed by atoms with Crippen molar-refractivity contribution in [1.29, 1.82) is 0 Å². The van der Waals surface area contributed by atoms with E-state index in [0.717, 1.165) is 12.8 Å². The predicted molar refractivity (Wildman–Crippen MR) is 78.6 cm³/mol. The molecule has 1 heterocycles. The van der Waals surface area contributed by atoms with Gasteiger partial charge in [0.25, 0.3) is 5.91 Å². The van der Waals surface area contributed by atoms with Gasteiger partial charge >= 0.3 is 5.97 Å². The van der Waals surface area contributed by atoms with Crippen molar-refractivity contribution in [2.24, 2.45) is 5.92 Å². The first-order valence-corrected chi connectivity index (χ1v) is 7.05. The van der Waals surface area contributed by atoms with Gasteiger partial charge in [0.15, 0.2) is 0 Å². The van der Waals surface area contributed by atoms with Gasteiger partial charge in [-0.1, -0.05) is 0 Å². The minimum absolute atomic E-state index is 0.0946. The number of nitrogens with one attached hydrogen (secondary N) is 2. The van der Waals surface area contributed by atoms with Crippen molar-refractivity contribution in [2.75, 3.05) is 25.1 Å². The molecular weight excluding hydrogens is 288 g/mol. The van der Waals surface area contributed by atoms with Crippen LogP contribution in [0.4, 0.5) is 5.69 Å². The van der Waals surface area contributed by atoms with Crippen LogP contribution in [0.25, 0.3) is 0 Å². The molecule has 22 heavy (non-hydrogen) atoms. The van der Waals surface area contributed by atoms with Gasteiger partial charge in [-0.2, -0.15) is 0 Å². The highest BCUT2D eigenvalue weighted by molar-refractivity contribution is 5.97. The summed E-state index contributed by atoms with van der Waals surface area (Å²) in [4.78, 5) is 34.1. The molecule has 1 fully saturated rings. The summed E-state index contributed by atoms with van der Waals surface area (Å²) in [5.74, 6) is -1.82. The highest BCUT2D eigenvalue weighted by atomic mass is 16.5. The average Bonchev–Trinajstić information content (AvgIpc) is 2.54. The van der Waals surface area contributed by atoms with Gasteiger partial charge in [0, 0.05) is 17.9 Å². The lowest BCUT2D eigenvalue weighted by atomic mass is 10.0. The fourth-order valence-corrected chi connectivity index (χ4v) is 2.15. The average molecular weight is 306 g/mol. The van der Waals surface area contributed by atoms with E-state index in [1.165, 1.54) is 12.1 Å². The number of anilines is 1. The Morgan fingerprint density at radius 1 is 1.23 bits per heavy atom. The highest BCUT2D eigenvalue weighted by Crippen LogP contribution is 2.17. The predicted octanol–water partition coefficient (Wildman–Crippen LogP) is 0.866. The second-order valence-electron chi connectivity index (χ2n) is 5.06. The molecule has 0 aromatic heterocycles. The first-order chi connectivity index (χ1) is 10.6. The number of carbonyl (C=O) groups excluding carboxylic acids is 2. The lowest BCUT2D eigenvalue weighted by Crippen LogP contribution is -2.30. The van der Waals surface area contributed by atoms with E-state index in [9.17, 15) is 14.4 Å². The Hall–Kier alpha value is -2.41. The Bertz CT molecular complexity index is 550. The van der Waals surface area contributed by atoms with Crippen LogP contribution in [-0.2, 0) is 14.3 Å². The van der Waals surface area contributed by atoms with Crippen LogP contribution in [0, 0.1) is 5.92 Å². The van der Waals surface area contributed by atoms with Gasteiger partial charge in [-0.05, 0) is 37.1 Å². The van der Waals surface area contributed by atoms with E-state index in [-0.39, 0.29) is 11.8 Å². The maximum Gasteiger partial charge on any atom is 0.322 e. The Balaban J connectivity index is 1.89. The third-order valence-corrected chi connectivity index (χ3v) is 3.35. The van der Waals surface area contributed by atoms with Crippen molar-refractivity contribution in [2.45, 2.75) is 12.8 Å². The molecule has 1 aromatic rings. The quantitative estimate of drug-likeness (QED) is 0.748. The molecular formula is C15H18N2O5. The molecule has 3 N–H and O–H groups in total. The number of amides is 2. The van der Waals surface area contributed by atoms with Crippen LogP contribution in [0.15, 0.2) is 24.3 Å². The molecule has 0 spiro atoms. The smallest absolute Gasteiger partial charge is 0.322 e. The molecule has 0 saturated carbocycles. The van der Waals surface area contributed by atoms with Crippen molar-refractivity contribution in [3.63, 3.8) is 0 Å². The van der Waals surface area contributed by atoms with Gasteiger partial charge in [-0.25, -0.2) is 0 Å². The molecule has 2 amide bonds. The summed E-state index contributed by atoms with van der Waals surface area (Å²) in [5, 5.41) is 13.6. The van der Waals surface area contributed by atoms with Gasteiger partial charge < -0.3 is 20.5 Å². The Kier molecular flexibility index (Phi) is 5.48. The normalized spacial score (nSPS) is 17.5. The third kappa shape index (κ3) is 4.56. The molecule has 7 heteroatoms. The first-order valence-electron chi connectivity index (χ1n) is 7.05. The van der Waals surface area contributed by atoms with E-state index in [1.807, 2.05) is 0 Å². The molecule has 2 rings (SSSR count). The maximum absolute atomic E-state index is 12.0. The van der Waals surface area contributed by atoms with Crippen LogP contribution in [0.2, 0.25) is 0 Å². The number of benzene rings is 1. The highest BCUT2D eigenvalue weighted by Gasteiger charge is 2.21. The molecule has 1 aliphatic rings. The number of hydrogen-bond acceptors (Lipinski definition) is 4. The molecule has 0 bridgehead atoms. The van der Waals surface area contributed by atoms with Crippen LogP contribution < -0.4 is 10.6 Å². The molecule has 1 unspecified atom stereocenters. The summed E-state index contributed by atoms with van der Waals surface area (Å²) in [6.45, 7) is 0.699. The summed E-state index contributed by atoms with van der Waals surface area (Å²) in [5.41, 5.74) is 0.922. The SMILES string of the molecule is O=C(O)CNC(=O)c1ccc(NC(=O)C2CCCOC2)cc1. The number of aliphatic carboxylic acids is 1. The second-order valence-corrected chi connectivity index (χ2v) is 5.06. The summed E-state index contributed by atoms with van der Waals surface area (Å²) < 4.78 is 5.28. The van der Waals surface area contributed by atoms with Gasteiger partial charge in [0.1, 0.15) is 6.54 Å². The number of carboxylic acid groups (broad SMARTS) is 1. The molecule has 7 nitrogen and oxygen atoms in total. The molecule has 118 valence electrons. The second kappa shape index (κ2) is 7.56. The van der Waals surface area contributed by atoms with Crippen molar-refractivity contribution >= 4 is 23.5 Å². The van der Waals surface area contributed by atoms with E-state index < -0.39 is 18.4 Å². The van der Waals surface area contributed by atoms with Crippen LogP contribution >= 0.6 is 0 Å². The largest absolute Gasteiger partial charge is 0.480 e. The van der Waals surface area contributed by atoms with Crippen LogP contribution in [0.5, 0.6) is 0 Å². The fraction of sp³-hybridized carbons (Fsp3) is 0.400. The molecule has 0 aliphatic carbocycles. The first kappa shape index (κ1) is 16.0. The van der Waals surface area contributed by atoms with Crippen LogP contribution in [0.1, 0.15) is 23.2 Å². The standard InChI is InChI=1S/C15H18N2O5/c18-13(19)8-16-14(20)10-3-5-12(6-4-10)17-15(21)11-2-1-7-22-9-11/h3-6,11H,1-2,7-9H2,(H,16,20)(H,17,21)(H,18,19). The van der Waals surface area contributed by atoms with Crippen molar-refractivity contribution in [1.82, 2.24) is 5.32 Å².